The number of hydrogen-bond donors (Lipinski definition) is 2. The second-order valence-corrected chi connectivity index (χ2v) is 5.10. The van der Waals surface area contributed by atoms with Crippen LogP contribution < -0.4 is 10.6 Å². The number of nitrogens with one attached hydrogen (secondary N) is 2. The second-order valence-electron chi connectivity index (χ2n) is 4.04. The molecule has 0 bridgehead atoms. The third-order valence-electron chi connectivity index (χ3n) is 2.72. The molecular weight excluding hydrogens is 258 g/mol. The lowest BCUT2D eigenvalue weighted by Gasteiger charge is -2.11. The standard InChI is InChI=1S/C12H14F2N2OS/c13-12(14)18-9-5-3-8(4-6-9)16-11(17)10-2-1-7-15-10/h3-6,10,12,15H,1-2,7H2,(H,16,17). The first-order chi connectivity index (χ1) is 8.65. The van der Waals surface area contributed by atoms with E-state index >= 15 is 0 Å². The number of alkyl halides is 2. The molecule has 1 amide bonds. The van der Waals surface area contributed by atoms with E-state index in [0.717, 1.165) is 19.4 Å². The van der Waals surface area contributed by atoms with Gasteiger partial charge in [-0.2, -0.15) is 8.78 Å². The summed E-state index contributed by atoms with van der Waals surface area (Å²) in [6.45, 7) is 0.863. The molecule has 1 atom stereocenters. The molecule has 1 aliphatic rings. The van der Waals surface area contributed by atoms with Gasteiger partial charge in [0.05, 0.1) is 6.04 Å². The lowest BCUT2D eigenvalue weighted by molar-refractivity contribution is -0.117. The Kier molecular flexibility index (Phi) is 4.54. The van der Waals surface area contributed by atoms with Gasteiger partial charge in [-0.1, -0.05) is 11.8 Å². The van der Waals surface area contributed by atoms with Crippen molar-refractivity contribution in [1.29, 1.82) is 0 Å². The Hall–Kier alpha value is -1.14. The molecule has 1 unspecified atom stereocenters. The van der Waals surface area contributed by atoms with Crippen LogP contribution in [0.15, 0.2) is 29.2 Å². The number of benzene rings is 1. The molecule has 0 spiro atoms. The van der Waals surface area contributed by atoms with Crippen molar-refractivity contribution < 1.29 is 13.6 Å². The van der Waals surface area contributed by atoms with Gasteiger partial charge in [0.2, 0.25) is 5.91 Å². The predicted molar refractivity (Wildman–Crippen MR) is 68.0 cm³/mol. The summed E-state index contributed by atoms with van der Waals surface area (Å²) in [5.74, 6) is -2.49. The Labute approximate surface area is 108 Å². The number of amides is 1. The summed E-state index contributed by atoms with van der Waals surface area (Å²) in [5, 5.41) is 5.86. The minimum Gasteiger partial charge on any atom is -0.325 e. The van der Waals surface area contributed by atoms with Crippen LogP contribution in [-0.4, -0.2) is 24.3 Å². The van der Waals surface area contributed by atoms with Crippen LogP contribution in [0.1, 0.15) is 12.8 Å². The first-order valence-electron chi connectivity index (χ1n) is 5.74. The first-order valence-corrected chi connectivity index (χ1v) is 6.62. The van der Waals surface area contributed by atoms with Gasteiger partial charge in [-0.15, -0.1) is 0 Å². The van der Waals surface area contributed by atoms with E-state index in [-0.39, 0.29) is 11.9 Å². The average Bonchev–Trinajstić information content (AvgIpc) is 2.84. The molecular formula is C12H14F2N2OS. The molecule has 1 aromatic carbocycles. The Morgan fingerprint density at radius 2 is 2.11 bits per heavy atom. The molecule has 18 heavy (non-hydrogen) atoms. The molecule has 1 heterocycles. The molecule has 0 radical (unpaired) electrons. The van der Waals surface area contributed by atoms with Crippen molar-refractivity contribution in [1.82, 2.24) is 5.32 Å². The van der Waals surface area contributed by atoms with Gasteiger partial charge in [0, 0.05) is 10.6 Å². The number of thioether (sulfide) groups is 1. The van der Waals surface area contributed by atoms with Crippen LogP contribution in [0, 0.1) is 0 Å². The van der Waals surface area contributed by atoms with Crippen molar-refractivity contribution >= 4 is 23.4 Å². The SMILES string of the molecule is O=C(Nc1ccc(SC(F)F)cc1)C1CCCN1. The van der Waals surface area contributed by atoms with Gasteiger partial charge in [0.1, 0.15) is 0 Å². The van der Waals surface area contributed by atoms with E-state index in [9.17, 15) is 13.6 Å². The van der Waals surface area contributed by atoms with E-state index in [1.165, 1.54) is 0 Å². The fourth-order valence-corrected chi connectivity index (χ4v) is 2.36. The molecule has 0 aromatic heterocycles. The molecule has 0 aliphatic carbocycles. The molecule has 2 rings (SSSR count). The lowest BCUT2D eigenvalue weighted by Crippen LogP contribution is -2.35. The highest BCUT2D eigenvalue weighted by atomic mass is 32.2. The summed E-state index contributed by atoms with van der Waals surface area (Å²) in [5.41, 5.74) is 0.632. The van der Waals surface area contributed by atoms with E-state index in [0.29, 0.717) is 22.3 Å². The van der Waals surface area contributed by atoms with Gasteiger partial charge in [-0.05, 0) is 43.7 Å². The fourth-order valence-electron chi connectivity index (χ4n) is 1.86. The summed E-state index contributed by atoms with van der Waals surface area (Å²) < 4.78 is 24.2. The number of carbonyl (C=O) groups is 1. The zero-order valence-corrected chi connectivity index (χ0v) is 10.5. The normalized spacial score (nSPS) is 19.2. The van der Waals surface area contributed by atoms with Gasteiger partial charge in [-0.3, -0.25) is 4.79 Å². The van der Waals surface area contributed by atoms with Gasteiger partial charge in [-0.25, -0.2) is 0 Å². The van der Waals surface area contributed by atoms with Crippen LogP contribution in [-0.2, 0) is 4.79 Å². The van der Waals surface area contributed by atoms with E-state index in [1.54, 1.807) is 24.3 Å². The van der Waals surface area contributed by atoms with Crippen molar-refractivity contribution in [2.45, 2.75) is 29.5 Å². The highest BCUT2D eigenvalue weighted by molar-refractivity contribution is 7.99. The number of anilines is 1. The van der Waals surface area contributed by atoms with Gasteiger partial charge < -0.3 is 10.6 Å². The molecule has 1 fully saturated rings. The van der Waals surface area contributed by atoms with Crippen LogP contribution in [0.3, 0.4) is 0 Å². The molecule has 1 saturated heterocycles. The minimum atomic E-state index is -2.42. The maximum atomic E-state index is 12.1. The number of halogens is 2. The molecule has 98 valence electrons. The first kappa shape index (κ1) is 13.3. The number of carbonyl (C=O) groups excluding carboxylic acids is 1. The highest BCUT2D eigenvalue weighted by Crippen LogP contribution is 2.26. The molecule has 3 nitrogen and oxygen atoms in total. The van der Waals surface area contributed by atoms with Gasteiger partial charge in [0.25, 0.3) is 5.76 Å². The number of hydrogen-bond acceptors (Lipinski definition) is 3. The maximum Gasteiger partial charge on any atom is 0.288 e. The van der Waals surface area contributed by atoms with Crippen LogP contribution in [0.4, 0.5) is 14.5 Å². The molecule has 6 heteroatoms. The quantitative estimate of drug-likeness (QED) is 0.828. The topological polar surface area (TPSA) is 41.1 Å². The van der Waals surface area contributed by atoms with Crippen LogP contribution >= 0.6 is 11.8 Å². The van der Waals surface area contributed by atoms with Crippen molar-refractivity contribution in [2.75, 3.05) is 11.9 Å². The molecule has 1 aliphatic heterocycles. The predicted octanol–water partition coefficient (Wildman–Crippen LogP) is 2.69. The number of rotatable bonds is 4. The maximum absolute atomic E-state index is 12.1. The minimum absolute atomic E-state index is 0.0678. The van der Waals surface area contributed by atoms with Crippen LogP contribution in [0.25, 0.3) is 0 Å². The Balaban J connectivity index is 1.91. The summed E-state index contributed by atoms with van der Waals surface area (Å²) >= 11 is 0.493. The molecule has 2 N–H and O–H groups in total. The van der Waals surface area contributed by atoms with Crippen LogP contribution in [0.5, 0.6) is 0 Å². The van der Waals surface area contributed by atoms with Crippen molar-refractivity contribution in [3.63, 3.8) is 0 Å². The summed E-state index contributed by atoms with van der Waals surface area (Å²) in [4.78, 5) is 12.3. The van der Waals surface area contributed by atoms with Crippen molar-refractivity contribution in [2.24, 2.45) is 0 Å². The second kappa shape index (κ2) is 6.15. The van der Waals surface area contributed by atoms with Crippen molar-refractivity contribution in [3.8, 4) is 0 Å². The van der Waals surface area contributed by atoms with E-state index < -0.39 is 5.76 Å². The summed E-state index contributed by atoms with van der Waals surface area (Å²) in [6.07, 6.45) is 1.84. The van der Waals surface area contributed by atoms with Gasteiger partial charge in [0.15, 0.2) is 0 Å². The lowest BCUT2D eigenvalue weighted by atomic mass is 10.2. The Morgan fingerprint density at radius 3 is 2.67 bits per heavy atom. The third kappa shape index (κ3) is 3.68. The van der Waals surface area contributed by atoms with E-state index in [4.69, 9.17) is 0 Å². The average molecular weight is 272 g/mol. The summed E-state index contributed by atoms with van der Waals surface area (Å²) in [6, 6.07) is 6.29. The van der Waals surface area contributed by atoms with E-state index in [1.807, 2.05) is 0 Å². The van der Waals surface area contributed by atoms with Crippen LogP contribution in [0.2, 0.25) is 0 Å². The zero-order valence-electron chi connectivity index (χ0n) is 9.66. The Bertz CT molecular complexity index is 405. The van der Waals surface area contributed by atoms with Crippen molar-refractivity contribution in [3.05, 3.63) is 24.3 Å². The smallest absolute Gasteiger partial charge is 0.288 e. The van der Waals surface area contributed by atoms with E-state index in [2.05, 4.69) is 10.6 Å². The fraction of sp³-hybridized carbons (Fsp3) is 0.417. The monoisotopic (exact) mass is 272 g/mol. The molecule has 1 aromatic rings. The Morgan fingerprint density at radius 1 is 1.39 bits per heavy atom. The summed E-state index contributed by atoms with van der Waals surface area (Å²) in [7, 11) is 0. The largest absolute Gasteiger partial charge is 0.325 e. The molecule has 0 saturated carbocycles. The highest BCUT2D eigenvalue weighted by Gasteiger charge is 2.21. The third-order valence-corrected chi connectivity index (χ3v) is 3.45. The van der Waals surface area contributed by atoms with Gasteiger partial charge >= 0.3 is 0 Å². The zero-order chi connectivity index (χ0) is 13.0.